The highest BCUT2D eigenvalue weighted by atomic mass is 16.8. The van der Waals surface area contributed by atoms with Gasteiger partial charge in [-0.3, -0.25) is 19.2 Å². The third kappa shape index (κ3) is 6.94. The van der Waals surface area contributed by atoms with E-state index in [0.29, 0.717) is 23.4 Å². The molecule has 4 heterocycles. The van der Waals surface area contributed by atoms with Crippen molar-refractivity contribution in [3.63, 3.8) is 0 Å². The zero-order valence-corrected chi connectivity index (χ0v) is 35.2. The molecule has 1 unspecified atom stereocenters. The Morgan fingerprint density at radius 1 is 0.852 bits per heavy atom. The van der Waals surface area contributed by atoms with Gasteiger partial charge in [0.2, 0.25) is 17.6 Å². The lowest BCUT2D eigenvalue weighted by Gasteiger charge is -2.53. The molecule has 10 rings (SSSR count). The van der Waals surface area contributed by atoms with Crippen molar-refractivity contribution in [3.05, 3.63) is 113 Å². The number of ether oxygens (including phenoxy) is 4. The number of hydroxylamine groups is 2. The molecule has 3 saturated carbocycles. The molecule has 0 spiro atoms. The summed E-state index contributed by atoms with van der Waals surface area (Å²) in [5, 5.41) is 16.4. The number of esters is 1. The summed E-state index contributed by atoms with van der Waals surface area (Å²) < 4.78 is 26.5. The van der Waals surface area contributed by atoms with E-state index in [1.165, 1.54) is 18.4 Å². The van der Waals surface area contributed by atoms with Crippen molar-refractivity contribution in [2.75, 3.05) is 19.7 Å². The van der Waals surface area contributed by atoms with Gasteiger partial charge < -0.3 is 34.7 Å². The molecule has 3 N–H and O–H groups in total. The van der Waals surface area contributed by atoms with E-state index in [9.17, 15) is 14.4 Å². The predicted octanol–water partition coefficient (Wildman–Crippen LogP) is 5.56. The van der Waals surface area contributed by atoms with Crippen LogP contribution < -0.4 is 10.6 Å². The zero-order valence-electron chi connectivity index (χ0n) is 35.2. The number of nitrogens with zero attached hydrogens (tertiary/aromatic N) is 1. The molecule has 12 heteroatoms. The quantitative estimate of drug-likeness (QED) is 0.166. The van der Waals surface area contributed by atoms with Crippen LogP contribution in [0.5, 0.6) is 0 Å². The minimum absolute atomic E-state index is 0.00179. The van der Waals surface area contributed by atoms with Gasteiger partial charge >= 0.3 is 5.97 Å². The van der Waals surface area contributed by atoms with Crippen LogP contribution in [0.4, 0.5) is 0 Å². The maximum atomic E-state index is 14.7. The number of fused-ring (bicyclic) bond motifs is 6. The van der Waals surface area contributed by atoms with E-state index >= 15 is 0 Å². The molecular weight excluding hydrogens is 775 g/mol. The van der Waals surface area contributed by atoms with Gasteiger partial charge in [-0.1, -0.05) is 110 Å². The molecule has 0 radical (unpaired) electrons. The van der Waals surface area contributed by atoms with Gasteiger partial charge in [-0.15, -0.1) is 0 Å². The molecule has 322 valence electrons. The fourth-order valence-corrected chi connectivity index (χ4v) is 11.7. The van der Waals surface area contributed by atoms with Crippen molar-refractivity contribution in [1.29, 1.82) is 0 Å². The number of aliphatic hydroxyl groups excluding tert-OH is 1. The molecule has 12 nitrogen and oxygen atoms in total. The molecule has 3 aliphatic carbocycles. The van der Waals surface area contributed by atoms with Crippen molar-refractivity contribution in [3.8, 4) is 0 Å². The van der Waals surface area contributed by atoms with Gasteiger partial charge in [0.1, 0.15) is 29.8 Å². The molecule has 3 aromatic rings. The number of benzene rings is 3. The number of rotatable bonds is 11. The number of allylic oxidation sites excluding steroid dienone is 1. The summed E-state index contributed by atoms with van der Waals surface area (Å²) in [5.74, 6) is -1.41. The van der Waals surface area contributed by atoms with Crippen molar-refractivity contribution >= 4 is 23.9 Å². The Kier molecular flexibility index (Phi) is 10.3. The number of nitrogens with one attached hydrogen (secondary N) is 2. The zero-order chi connectivity index (χ0) is 42.1. The number of carbonyl (C=O) groups excluding carboxylic acids is 3. The minimum atomic E-state index is -1.41. The highest BCUT2D eigenvalue weighted by Crippen LogP contribution is 2.61. The normalized spacial score (nSPS) is 35.9. The van der Waals surface area contributed by atoms with Crippen LogP contribution in [0, 0.1) is 22.7 Å². The molecule has 7 aliphatic rings. The number of amides is 2. The second kappa shape index (κ2) is 15.4. The molecule has 0 aromatic heterocycles. The first-order chi connectivity index (χ1) is 29.4. The summed E-state index contributed by atoms with van der Waals surface area (Å²) in [7, 11) is 0. The largest absolute Gasteiger partial charge is 0.458 e. The highest BCUT2D eigenvalue weighted by molar-refractivity contribution is 5.94. The van der Waals surface area contributed by atoms with E-state index in [0.717, 1.165) is 41.5 Å². The number of hydrogen-bond acceptors (Lipinski definition) is 10. The van der Waals surface area contributed by atoms with Crippen LogP contribution in [0.2, 0.25) is 0 Å². The fourth-order valence-electron chi connectivity index (χ4n) is 11.7. The molecule has 2 bridgehead atoms. The lowest BCUT2D eigenvalue weighted by atomic mass is 9.52. The summed E-state index contributed by atoms with van der Waals surface area (Å²) in [4.78, 5) is 48.4. The van der Waals surface area contributed by atoms with Gasteiger partial charge in [-0.05, 0) is 67.4 Å². The molecule has 4 aliphatic heterocycles. The van der Waals surface area contributed by atoms with Gasteiger partial charge in [0.05, 0.1) is 24.9 Å². The average Bonchev–Trinajstić information content (AvgIpc) is 3.54. The Morgan fingerprint density at radius 2 is 1.56 bits per heavy atom. The molecule has 3 aromatic carbocycles. The fraction of sp³-hybridized carbons (Fsp3) is 0.531. The number of epoxide rings is 1. The van der Waals surface area contributed by atoms with Gasteiger partial charge in [-0.25, -0.2) is 0 Å². The first-order valence-electron chi connectivity index (χ1n) is 22.2. The third-order valence-corrected chi connectivity index (χ3v) is 15.0. The molecule has 10 atom stereocenters. The maximum Gasteiger partial charge on any atom is 0.327 e. The number of carbonyl (C=O) groups is 3. The molecule has 4 saturated heterocycles. The first kappa shape index (κ1) is 40.6. The number of hydrogen-bond donors (Lipinski definition) is 3. The summed E-state index contributed by atoms with van der Waals surface area (Å²) in [6.07, 6.45) is 5.22. The lowest BCUT2D eigenvalue weighted by molar-refractivity contribution is -0.213. The van der Waals surface area contributed by atoms with Gasteiger partial charge in [-0.2, -0.15) is 5.06 Å². The van der Waals surface area contributed by atoms with E-state index in [4.69, 9.17) is 28.9 Å². The monoisotopic (exact) mass is 831 g/mol. The van der Waals surface area contributed by atoms with E-state index in [1.54, 1.807) is 5.06 Å². The SMILES string of the molecule is CC1(C)C[C@@H]2C(=Cc3ccc(CN4O[C@@H]5[C@H]6OC(c7ccccc7)(c7ccccc7)O[C@H]6[C@H]6C[C@]5(C(=O)NCCC(=O)NCCO)[C@@H]4C(=O)O6)cc3)CCC3O[C@]3(C)CC[C@H]21. The van der Waals surface area contributed by atoms with Gasteiger partial charge in [0, 0.05) is 37.1 Å². The maximum absolute atomic E-state index is 14.7. The number of aliphatic hydroxyl groups is 1. The standard InChI is InChI=1S/C49H57N3O9/c1-46(2)27-35-32(18-19-38-47(3,58-38)22-20-36(35)46)26-30-14-16-31(17-15-30)29-52-42-44(55)57-37-28-48(42,45(56)51-23-21-39(54)50-24-25-53)43(61-52)41-40(37)59-49(60-41,33-10-6-4-7-11-33)34-12-8-5-9-13-34/h4-17,26,35-38,40-43,53H,18-25,27-29H2,1-3H3,(H,50,54)(H,51,56)/t35-,36-,37-,38?,40+,41+,42+,43-,47-,48+/m1/s1. The van der Waals surface area contributed by atoms with Crippen LogP contribution in [0.3, 0.4) is 0 Å². The Morgan fingerprint density at radius 3 is 2.25 bits per heavy atom. The topological polar surface area (TPSA) is 148 Å². The average molecular weight is 832 g/mol. The second-order valence-corrected chi connectivity index (χ2v) is 19.2. The summed E-state index contributed by atoms with van der Waals surface area (Å²) in [6, 6.07) is 26.6. The van der Waals surface area contributed by atoms with Crippen LogP contribution in [0.25, 0.3) is 6.08 Å². The molecular formula is C49H57N3O9. The van der Waals surface area contributed by atoms with Crippen LogP contribution in [0.15, 0.2) is 90.5 Å². The van der Waals surface area contributed by atoms with E-state index < -0.39 is 53.5 Å². The van der Waals surface area contributed by atoms with Gasteiger partial charge in [0.15, 0.2) is 6.04 Å². The Bertz CT molecular complexity index is 2140. The summed E-state index contributed by atoms with van der Waals surface area (Å²) >= 11 is 0. The predicted molar refractivity (Wildman–Crippen MR) is 224 cm³/mol. The molecule has 61 heavy (non-hydrogen) atoms. The Balaban J connectivity index is 0.946. The van der Waals surface area contributed by atoms with Crippen LogP contribution in [-0.2, 0) is 50.5 Å². The van der Waals surface area contributed by atoms with E-state index in [1.807, 2.05) is 60.7 Å². The second-order valence-electron chi connectivity index (χ2n) is 19.2. The molecule has 2 amide bonds. The van der Waals surface area contributed by atoms with E-state index in [2.05, 4.69) is 61.7 Å². The van der Waals surface area contributed by atoms with Gasteiger partial charge in [0.25, 0.3) is 0 Å². The lowest BCUT2D eigenvalue weighted by Crippen LogP contribution is -2.69. The van der Waals surface area contributed by atoms with Crippen molar-refractivity contribution < 1.29 is 43.3 Å². The van der Waals surface area contributed by atoms with Crippen LogP contribution in [-0.4, -0.2) is 89.8 Å². The minimum Gasteiger partial charge on any atom is -0.458 e. The van der Waals surface area contributed by atoms with Crippen LogP contribution >= 0.6 is 0 Å². The van der Waals surface area contributed by atoms with Crippen molar-refractivity contribution in [1.82, 2.24) is 15.7 Å². The Labute approximate surface area is 357 Å². The highest BCUT2D eigenvalue weighted by Gasteiger charge is 2.76. The summed E-state index contributed by atoms with van der Waals surface area (Å²) in [5.41, 5.74) is 4.03. The molecule has 7 fully saturated rings. The smallest absolute Gasteiger partial charge is 0.327 e. The third-order valence-electron chi connectivity index (χ3n) is 15.0. The van der Waals surface area contributed by atoms with Crippen LogP contribution in [0.1, 0.15) is 88.0 Å². The first-order valence-corrected chi connectivity index (χ1v) is 22.2. The summed E-state index contributed by atoms with van der Waals surface area (Å²) in [6.45, 7) is 7.28. The van der Waals surface area contributed by atoms with E-state index in [-0.39, 0.29) is 50.6 Å². The Hall–Kier alpha value is -4.43. The van der Waals surface area contributed by atoms with Crippen molar-refractivity contribution in [2.24, 2.45) is 22.7 Å². The van der Waals surface area contributed by atoms with Crippen molar-refractivity contribution in [2.45, 2.75) is 120 Å².